The summed E-state index contributed by atoms with van der Waals surface area (Å²) in [5.41, 5.74) is 1.45. The molecule has 3 aromatic rings. The standard InChI is InChI=1S/C21H20Cl2N4O3S2/c1-3-8-27-19(13-32(29,30)18-6-4-14(2)5-7-18)25-26-21(27)31-12-20(28)24-17-10-15(22)9-16(23)11-17/h3-7,9-11H,1,8,12-13H2,2H3,(H,24,28). The molecule has 2 aromatic carbocycles. The zero-order valence-electron chi connectivity index (χ0n) is 17.1. The Balaban J connectivity index is 1.72. The van der Waals surface area contributed by atoms with E-state index in [1.54, 1.807) is 53.1 Å². The number of aromatic nitrogens is 3. The van der Waals surface area contributed by atoms with Gasteiger partial charge in [0.2, 0.25) is 5.91 Å². The lowest BCUT2D eigenvalue weighted by Gasteiger charge is -2.09. The number of rotatable bonds is 9. The van der Waals surface area contributed by atoms with Crippen LogP contribution in [0.1, 0.15) is 11.4 Å². The number of nitrogens with zero attached hydrogens (tertiary/aromatic N) is 3. The molecule has 0 bridgehead atoms. The van der Waals surface area contributed by atoms with Crippen molar-refractivity contribution < 1.29 is 13.2 Å². The molecule has 1 aromatic heterocycles. The average Bonchev–Trinajstić information content (AvgIpc) is 3.07. The Hall–Kier alpha value is -2.33. The third kappa shape index (κ3) is 6.35. The van der Waals surface area contributed by atoms with Crippen LogP contribution in [0, 0.1) is 6.92 Å². The number of carbonyl (C=O) groups excluding carboxylic acids is 1. The van der Waals surface area contributed by atoms with E-state index < -0.39 is 9.84 Å². The van der Waals surface area contributed by atoms with Gasteiger partial charge in [-0.05, 0) is 37.3 Å². The minimum Gasteiger partial charge on any atom is -0.325 e. The highest BCUT2D eigenvalue weighted by Gasteiger charge is 2.21. The molecule has 0 aliphatic rings. The van der Waals surface area contributed by atoms with Gasteiger partial charge in [-0.15, -0.1) is 16.8 Å². The maximum Gasteiger partial charge on any atom is 0.234 e. The molecule has 168 valence electrons. The number of thioether (sulfide) groups is 1. The number of benzene rings is 2. The molecular formula is C21H20Cl2N4O3S2. The Morgan fingerprint density at radius 1 is 1.16 bits per heavy atom. The van der Waals surface area contributed by atoms with Crippen molar-refractivity contribution in [1.82, 2.24) is 14.8 Å². The molecule has 1 N–H and O–H groups in total. The van der Waals surface area contributed by atoms with E-state index in [9.17, 15) is 13.2 Å². The number of sulfone groups is 1. The second-order valence-corrected chi connectivity index (χ2v) is 10.7. The Morgan fingerprint density at radius 3 is 2.44 bits per heavy atom. The van der Waals surface area contributed by atoms with Gasteiger partial charge in [0, 0.05) is 22.3 Å². The maximum absolute atomic E-state index is 12.8. The molecule has 1 heterocycles. The number of carbonyl (C=O) groups is 1. The predicted octanol–water partition coefficient (Wildman–Crippen LogP) is 4.78. The maximum atomic E-state index is 12.8. The van der Waals surface area contributed by atoms with Crippen LogP contribution in [-0.4, -0.2) is 34.8 Å². The third-order valence-corrected chi connectivity index (χ3v) is 7.31. The lowest BCUT2D eigenvalue weighted by molar-refractivity contribution is -0.113. The van der Waals surface area contributed by atoms with Crippen molar-refractivity contribution in [2.75, 3.05) is 11.1 Å². The van der Waals surface area contributed by atoms with Crippen molar-refractivity contribution in [3.05, 3.63) is 76.6 Å². The van der Waals surface area contributed by atoms with Crippen LogP contribution in [0.15, 0.2) is 65.2 Å². The van der Waals surface area contributed by atoms with Crippen LogP contribution in [-0.2, 0) is 26.9 Å². The Labute approximate surface area is 200 Å². The van der Waals surface area contributed by atoms with Gasteiger partial charge >= 0.3 is 0 Å². The molecule has 0 fully saturated rings. The number of amides is 1. The van der Waals surface area contributed by atoms with Crippen LogP contribution in [0.3, 0.4) is 0 Å². The summed E-state index contributed by atoms with van der Waals surface area (Å²) < 4.78 is 27.2. The van der Waals surface area contributed by atoms with Crippen molar-refractivity contribution in [2.24, 2.45) is 0 Å². The summed E-state index contributed by atoms with van der Waals surface area (Å²) in [5, 5.41) is 12.1. The van der Waals surface area contributed by atoms with E-state index in [0.29, 0.717) is 27.4 Å². The van der Waals surface area contributed by atoms with Gasteiger partial charge in [-0.2, -0.15) is 0 Å². The van der Waals surface area contributed by atoms with Gasteiger partial charge in [0.15, 0.2) is 15.0 Å². The summed E-state index contributed by atoms with van der Waals surface area (Å²) in [5.74, 6) is -0.306. The van der Waals surface area contributed by atoms with Gasteiger partial charge in [0.25, 0.3) is 0 Å². The highest BCUT2D eigenvalue weighted by Crippen LogP contribution is 2.24. The molecule has 1 amide bonds. The molecule has 0 atom stereocenters. The van der Waals surface area contributed by atoms with Crippen LogP contribution in [0.2, 0.25) is 10.0 Å². The highest BCUT2D eigenvalue weighted by molar-refractivity contribution is 7.99. The zero-order chi connectivity index (χ0) is 23.3. The summed E-state index contributed by atoms with van der Waals surface area (Å²) in [6.07, 6.45) is 1.61. The molecule has 0 spiro atoms. The number of halogens is 2. The smallest absolute Gasteiger partial charge is 0.234 e. The Morgan fingerprint density at radius 2 is 1.81 bits per heavy atom. The van der Waals surface area contributed by atoms with Crippen molar-refractivity contribution in [1.29, 1.82) is 0 Å². The summed E-state index contributed by atoms with van der Waals surface area (Å²) in [4.78, 5) is 12.5. The van der Waals surface area contributed by atoms with Crippen LogP contribution in [0.4, 0.5) is 5.69 Å². The Kier molecular flexibility index (Phi) is 8.00. The second kappa shape index (κ2) is 10.5. The second-order valence-electron chi connectivity index (χ2n) is 6.87. The normalized spacial score (nSPS) is 11.3. The SMILES string of the molecule is C=CCn1c(CS(=O)(=O)c2ccc(C)cc2)nnc1SCC(=O)Nc1cc(Cl)cc(Cl)c1. The van der Waals surface area contributed by atoms with E-state index in [2.05, 4.69) is 22.1 Å². The number of anilines is 1. The van der Waals surface area contributed by atoms with E-state index >= 15 is 0 Å². The highest BCUT2D eigenvalue weighted by atomic mass is 35.5. The molecule has 0 aliphatic carbocycles. The lowest BCUT2D eigenvalue weighted by atomic mass is 10.2. The number of hydrogen-bond acceptors (Lipinski definition) is 6. The third-order valence-electron chi connectivity index (χ3n) is 4.28. The molecular weight excluding hydrogens is 491 g/mol. The fourth-order valence-electron chi connectivity index (χ4n) is 2.80. The van der Waals surface area contributed by atoms with Gasteiger partial charge in [-0.3, -0.25) is 4.79 Å². The summed E-state index contributed by atoms with van der Waals surface area (Å²) in [6, 6.07) is 11.4. The van der Waals surface area contributed by atoms with Crippen LogP contribution in [0.5, 0.6) is 0 Å². The molecule has 7 nitrogen and oxygen atoms in total. The van der Waals surface area contributed by atoms with E-state index in [4.69, 9.17) is 23.2 Å². The van der Waals surface area contributed by atoms with E-state index in [1.165, 1.54) is 0 Å². The fourth-order valence-corrected chi connectivity index (χ4v) is 5.36. The molecule has 0 aliphatic heterocycles. The largest absolute Gasteiger partial charge is 0.325 e. The topological polar surface area (TPSA) is 93.9 Å². The first-order valence-corrected chi connectivity index (χ1v) is 12.8. The Bertz CT molecular complexity index is 1220. The minimum atomic E-state index is -3.61. The van der Waals surface area contributed by atoms with Crippen molar-refractivity contribution in [2.45, 2.75) is 29.3 Å². The van der Waals surface area contributed by atoms with Crippen molar-refractivity contribution in [3.8, 4) is 0 Å². The molecule has 0 saturated carbocycles. The first kappa shape index (κ1) is 24.3. The summed E-state index contributed by atoms with van der Waals surface area (Å²) >= 11 is 13.0. The van der Waals surface area contributed by atoms with Gasteiger partial charge < -0.3 is 9.88 Å². The van der Waals surface area contributed by atoms with Gasteiger partial charge in [0.1, 0.15) is 11.6 Å². The number of hydrogen-bond donors (Lipinski definition) is 1. The molecule has 11 heteroatoms. The first-order valence-electron chi connectivity index (χ1n) is 9.39. The van der Waals surface area contributed by atoms with Crippen molar-refractivity contribution in [3.63, 3.8) is 0 Å². The summed E-state index contributed by atoms with van der Waals surface area (Å²) in [6.45, 7) is 5.90. The zero-order valence-corrected chi connectivity index (χ0v) is 20.2. The number of allylic oxidation sites excluding steroid dienone is 1. The lowest BCUT2D eigenvalue weighted by Crippen LogP contribution is -2.15. The van der Waals surface area contributed by atoms with Crippen LogP contribution in [0.25, 0.3) is 0 Å². The van der Waals surface area contributed by atoms with Crippen LogP contribution >= 0.6 is 35.0 Å². The predicted molar refractivity (Wildman–Crippen MR) is 128 cm³/mol. The molecule has 0 unspecified atom stereocenters. The van der Waals surface area contributed by atoms with Crippen molar-refractivity contribution >= 4 is 56.4 Å². The molecule has 32 heavy (non-hydrogen) atoms. The molecule has 3 rings (SSSR count). The molecule has 0 radical (unpaired) electrons. The van der Waals surface area contributed by atoms with Crippen LogP contribution < -0.4 is 5.32 Å². The summed E-state index contributed by atoms with van der Waals surface area (Å²) in [7, 11) is -3.61. The number of aryl methyl sites for hydroxylation is 1. The quantitative estimate of drug-likeness (QED) is 0.328. The van der Waals surface area contributed by atoms with E-state index in [-0.39, 0.29) is 28.1 Å². The van der Waals surface area contributed by atoms with Gasteiger partial charge in [-0.1, -0.05) is 58.7 Å². The van der Waals surface area contributed by atoms with Gasteiger partial charge in [0.05, 0.1) is 10.6 Å². The first-order chi connectivity index (χ1) is 15.2. The minimum absolute atomic E-state index is 0.0319. The monoisotopic (exact) mass is 510 g/mol. The van der Waals surface area contributed by atoms with E-state index in [0.717, 1.165) is 17.3 Å². The molecule has 0 saturated heterocycles. The fraction of sp³-hybridized carbons (Fsp3) is 0.190. The number of nitrogens with one attached hydrogen (secondary N) is 1. The van der Waals surface area contributed by atoms with Gasteiger partial charge in [-0.25, -0.2) is 8.42 Å². The average molecular weight is 511 g/mol. The van der Waals surface area contributed by atoms with E-state index in [1.807, 2.05) is 6.92 Å².